The lowest BCUT2D eigenvalue weighted by atomic mass is 10.2. The molecule has 0 aromatic heterocycles. The van der Waals surface area contributed by atoms with Crippen LogP contribution >= 0.6 is 0 Å². The van der Waals surface area contributed by atoms with Gasteiger partial charge in [-0.3, -0.25) is 0 Å². The molecule has 0 aliphatic carbocycles. The van der Waals surface area contributed by atoms with Gasteiger partial charge in [-0.1, -0.05) is 19.1 Å². The van der Waals surface area contributed by atoms with E-state index in [1.165, 1.54) is 5.56 Å². The Balaban J connectivity index is 1.58. The van der Waals surface area contributed by atoms with Crippen LogP contribution in [0, 0.1) is 0 Å². The van der Waals surface area contributed by atoms with Crippen LogP contribution in [-0.4, -0.2) is 19.8 Å². The Bertz CT molecular complexity index is 610. The molecule has 0 amide bonds. The van der Waals surface area contributed by atoms with E-state index in [-0.39, 0.29) is 0 Å². The van der Waals surface area contributed by atoms with Gasteiger partial charge >= 0.3 is 0 Å². The normalized spacial score (nSPS) is 12.8. The summed E-state index contributed by atoms with van der Waals surface area (Å²) < 4.78 is 16.7. The molecule has 1 aliphatic heterocycles. The summed E-state index contributed by atoms with van der Waals surface area (Å²) in [5.74, 6) is 2.54. The van der Waals surface area contributed by atoms with Crippen LogP contribution < -0.4 is 19.5 Å². The maximum absolute atomic E-state index is 5.59. The molecule has 0 spiro atoms. The molecule has 0 bridgehead atoms. The fourth-order valence-electron chi connectivity index (χ4n) is 2.28. The summed E-state index contributed by atoms with van der Waals surface area (Å²) in [6.45, 7) is 4.84. The number of hydrogen-bond acceptors (Lipinski definition) is 4. The zero-order valence-electron chi connectivity index (χ0n) is 12.8. The van der Waals surface area contributed by atoms with Crippen molar-refractivity contribution in [1.82, 2.24) is 0 Å². The van der Waals surface area contributed by atoms with E-state index < -0.39 is 0 Å². The molecule has 2 aromatic rings. The Hall–Kier alpha value is -2.36. The summed E-state index contributed by atoms with van der Waals surface area (Å²) in [5.41, 5.74) is 2.23. The number of benzene rings is 2. The van der Waals surface area contributed by atoms with Gasteiger partial charge in [0, 0.05) is 18.3 Å². The molecule has 2 aromatic carbocycles. The standard InChI is InChI=1S/C18H21NO3/c1-2-9-20-16-6-3-14(4-7-16)13-19-15-5-8-17-18(12-15)22-11-10-21-17/h3-8,12,19H,2,9-11,13H2,1H3. The molecule has 116 valence electrons. The zero-order valence-corrected chi connectivity index (χ0v) is 12.8. The lowest BCUT2D eigenvalue weighted by Gasteiger charge is -2.19. The van der Waals surface area contributed by atoms with E-state index in [4.69, 9.17) is 14.2 Å². The molecule has 0 saturated heterocycles. The smallest absolute Gasteiger partial charge is 0.163 e. The van der Waals surface area contributed by atoms with E-state index in [1.807, 2.05) is 30.3 Å². The maximum Gasteiger partial charge on any atom is 0.163 e. The molecule has 1 heterocycles. The largest absolute Gasteiger partial charge is 0.494 e. The number of hydrogen-bond donors (Lipinski definition) is 1. The van der Waals surface area contributed by atoms with Crippen molar-refractivity contribution < 1.29 is 14.2 Å². The summed E-state index contributed by atoms with van der Waals surface area (Å²) in [4.78, 5) is 0. The van der Waals surface area contributed by atoms with Crippen LogP contribution in [0.1, 0.15) is 18.9 Å². The van der Waals surface area contributed by atoms with Crippen LogP contribution in [0.2, 0.25) is 0 Å². The maximum atomic E-state index is 5.59. The summed E-state index contributed by atoms with van der Waals surface area (Å²) in [7, 11) is 0. The Labute approximate surface area is 131 Å². The third-order valence-corrected chi connectivity index (χ3v) is 3.44. The number of nitrogens with one attached hydrogen (secondary N) is 1. The molecule has 1 aliphatic rings. The number of fused-ring (bicyclic) bond motifs is 1. The van der Waals surface area contributed by atoms with Gasteiger partial charge in [0.1, 0.15) is 19.0 Å². The highest BCUT2D eigenvalue weighted by molar-refractivity contribution is 5.55. The minimum absolute atomic E-state index is 0.607. The van der Waals surface area contributed by atoms with E-state index in [0.29, 0.717) is 13.2 Å². The van der Waals surface area contributed by atoms with Crippen LogP contribution in [-0.2, 0) is 6.54 Å². The summed E-state index contributed by atoms with van der Waals surface area (Å²) >= 11 is 0. The Morgan fingerprint density at radius 3 is 2.55 bits per heavy atom. The molecule has 0 radical (unpaired) electrons. The summed E-state index contributed by atoms with van der Waals surface area (Å²) in [5, 5.41) is 3.40. The predicted octanol–water partition coefficient (Wildman–Crippen LogP) is 3.86. The van der Waals surface area contributed by atoms with Gasteiger partial charge in [0.25, 0.3) is 0 Å². The number of rotatable bonds is 6. The molecule has 22 heavy (non-hydrogen) atoms. The zero-order chi connectivity index (χ0) is 15.2. The van der Waals surface area contributed by atoms with Gasteiger partial charge in [-0.2, -0.15) is 0 Å². The Morgan fingerprint density at radius 2 is 1.77 bits per heavy atom. The van der Waals surface area contributed by atoms with Crippen molar-refractivity contribution >= 4 is 5.69 Å². The molecular weight excluding hydrogens is 278 g/mol. The van der Waals surface area contributed by atoms with Crippen LogP contribution in [0.25, 0.3) is 0 Å². The molecule has 3 rings (SSSR count). The fraction of sp³-hybridized carbons (Fsp3) is 0.333. The van der Waals surface area contributed by atoms with Gasteiger partial charge in [0.05, 0.1) is 6.61 Å². The lowest BCUT2D eigenvalue weighted by molar-refractivity contribution is 0.171. The second-order valence-corrected chi connectivity index (χ2v) is 5.20. The quantitative estimate of drug-likeness (QED) is 0.879. The first-order chi connectivity index (χ1) is 10.8. The van der Waals surface area contributed by atoms with Gasteiger partial charge in [-0.25, -0.2) is 0 Å². The average Bonchev–Trinajstić information content (AvgIpc) is 2.59. The Kier molecular flexibility index (Phi) is 4.68. The van der Waals surface area contributed by atoms with Gasteiger partial charge < -0.3 is 19.5 Å². The number of anilines is 1. The van der Waals surface area contributed by atoms with E-state index in [0.717, 1.165) is 42.5 Å². The average molecular weight is 299 g/mol. The van der Waals surface area contributed by atoms with E-state index in [2.05, 4.69) is 24.4 Å². The van der Waals surface area contributed by atoms with Gasteiger partial charge in [0.15, 0.2) is 11.5 Å². The third kappa shape index (κ3) is 3.64. The highest BCUT2D eigenvalue weighted by Crippen LogP contribution is 2.32. The minimum atomic E-state index is 0.607. The van der Waals surface area contributed by atoms with Crippen molar-refractivity contribution in [2.45, 2.75) is 19.9 Å². The van der Waals surface area contributed by atoms with Crippen molar-refractivity contribution in [3.8, 4) is 17.2 Å². The molecule has 0 atom stereocenters. The first-order valence-electron chi connectivity index (χ1n) is 7.70. The topological polar surface area (TPSA) is 39.7 Å². The van der Waals surface area contributed by atoms with E-state index in [1.54, 1.807) is 0 Å². The van der Waals surface area contributed by atoms with Crippen molar-refractivity contribution in [3.63, 3.8) is 0 Å². The monoisotopic (exact) mass is 299 g/mol. The molecular formula is C18H21NO3. The van der Waals surface area contributed by atoms with Gasteiger partial charge in [-0.05, 0) is 36.2 Å². The summed E-state index contributed by atoms with van der Waals surface area (Å²) in [6.07, 6.45) is 1.02. The van der Waals surface area contributed by atoms with Crippen molar-refractivity contribution in [1.29, 1.82) is 0 Å². The SMILES string of the molecule is CCCOc1ccc(CNc2ccc3c(c2)OCCO3)cc1. The first kappa shape index (κ1) is 14.6. The summed E-state index contributed by atoms with van der Waals surface area (Å²) in [6, 6.07) is 14.1. The third-order valence-electron chi connectivity index (χ3n) is 3.44. The highest BCUT2D eigenvalue weighted by atomic mass is 16.6. The van der Waals surface area contributed by atoms with E-state index in [9.17, 15) is 0 Å². The van der Waals surface area contributed by atoms with E-state index >= 15 is 0 Å². The van der Waals surface area contributed by atoms with Gasteiger partial charge in [-0.15, -0.1) is 0 Å². The van der Waals surface area contributed by atoms with Crippen LogP contribution in [0.4, 0.5) is 5.69 Å². The molecule has 4 heteroatoms. The molecule has 4 nitrogen and oxygen atoms in total. The minimum Gasteiger partial charge on any atom is -0.494 e. The highest BCUT2D eigenvalue weighted by Gasteiger charge is 2.11. The van der Waals surface area contributed by atoms with Crippen LogP contribution in [0.3, 0.4) is 0 Å². The van der Waals surface area contributed by atoms with Crippen molar-refractivity contribution in [3.05, 3.63) is 48.0 Å². The number of ether oxygens (including phenoxy) is 3. The van der Waals surface area contributed by atoms with Crippen LogP contribution in [0.5, 0.6) is 17.2 Å². The van der Waals surface area contributed by atoms with Crippen LogP contribution in [0.15, 0.2) is 42.5 Å². The Morgan fingerprint density at radius 1 is 1.00 bits per heavy atom. The fourth-order valence-corrected chi connectivity index (χ4v) is 2.28. The lowest BCUT2D eigenvalue weighted by Crippen LogP contribution is -2.15. The van der Waals surface area contributed by atoms with Crippen molar-refractivity contribution in [2.75, 3.05) is 25.1 Å². The second kappa shape index (κ2) is 7.07. The molecule has 1 N–H and O–H groups in total. The van der Waals surface area contributed by atoms with Gasteiger partial charge in [0.2, 0.25) is 0 Å². The molecule has 0 saturated carbocycles. The second-order valence-electron chi connectivity index (χ2n) is 5.20. The van der Waals surface area contributed by atoms with Crippen molar-refractivity contribution in [2.24, 2.45) is 0 Å². The molecule has 0 unspecified atom stereocenters. The molecule has 0 fully saturated rings. The predicted molar refractivity (Wildman–Crippen MR) is 87.0 cm³/mol. The first-order valence-corrected chi connectivity index (χ1v) is 7.70.